The lowest BCUT2D eigenvalue weighted by Crippen LogP contribution is -2.49. The first-order valence-electron chi connectivity index (χ1n) is 5.92. The largest absolute Gasteiger partial charge is 0.391 e. The van der Waals surface area contributed by atoms with Crippen molar-refractivity contribution in [1.82, 2.24) is 9.88 Å². The fourth-order valence-electron chi connectivity index (χ4n) is 2.36. The highest BCUT2D eigenvalue weighted by atomic mass is 35.5. The number of rotatable bonds is 2. The molecule has 0 aliphatic carbocycles. The van der Waals surface area contributed by atoms with Gasteiger partial charge in [-0.25, -0.2) is 0 Å². The number of amides is 1. The highest BCUT2D eigenvalue weighted by Gasteiger charge is 2.30. The number of carbonyl (C=O) groups excluding carboxylic acids is 1. The van der Waals surface area contributed by atoms with Gasteiger partial charge in [0.2, 0.25) is 0 Å². The van der Waals surface area contributed by atoms with Gasteiger partial charge in [-0.2, -0.15) is 0 Å². The normalized spacial score (nSPS) is 22.5. The van der Waals surface area contributed by atoms with Gasteiger partial charge < -0.3 is 15.0 Å². The molecule has 0 aromatic carbocycles. The third-order valence-electron chi connectivity index (χ3n) is 3.25. The fourth-order valence-corrected chi connectivity index (χ4v) is 2.52. The molecule has 0 unspecified atom stereocenters. The Hall–Kier alpha value is -1.00. The number of aromatic nitrogens is 1. The zero-order chi connectivity index (χ0) is 12.4. The fraction of sp³-hybridized carbons (Fsp3) is 0.583. The molecule has 1 fully saturated rings. The Morgan fingerprint density at radius 2 is 2.41 bits per heavy atom. The molecule has 0 radical (unpaired) electrons. The van der Waals surface area contributed by atoms with E-state index in [0.29, 0.717) is 17.3 Å². The molecule has 1 saturated heterocycles. The number of H-pyrrole nitrogens is 1. The minimum absolute atomic E-state index is 0.0810. The molecule has 1 amide bonds. The number of piperidine rings is 1. The molecule has 1 aliphatic heterocycles. The van der Waals surface area contributed by atoms with Crippen molar-refractivity contribution in [2.75, 3.05) is 6.54 Å². The van der Waals surface area contributed by atoms with Crippen molar-refractivity contribution in [3.8, 4) is 0 Å². The predicted molar refractivity (Wildman–Crippen MR) is 66.2 cm³/mol. The highest BCUT2D eigenvalue weighted by Crippen LogP contribution is 2.22. The minimum Gasteiger partial charge on any atom is -0.391 e. The summed E-state index contributed by atoms with van der Waals surface area (Å²) in [4.78, 5) is 16.9. The summed E-state index contributed by atoms with van der Waals surface area (Å²) in [5.74, 6) is -0.0810. The summed E-state index contributed by atoms with van der Waals surface area (Å²) < 4.78 is 0. The van der Waals surface area contributed by atoms with Crippen LogP contribution >= 0.6 is 11.6 Å². The quantitative estimate of drug-likeness (QED) is 0.851. The van der Waals surface area contributed by atoms with E-state index in [1.807, 2.05) is 0 Å². The summed E-state index contributed by atoms with van der Waals surface area (Å²) in [6, 6.07) is 1.54. The average molecular weight is 257 g/mol. The number of likely N-dealkylation sites (tertiary alicyclic amines) is 1. The lowest BCUT2D eigenvalue weighted by Gasteiger charge is -2.37. The molecule has 94 valence electrons. The van der Waals surface area contributed by atoms with Crippen molar-refractivity contribution in [3.05, 3.63) is 23.0 Å². The van der Waals surface area contributed by atoms with Crippen LogP contribution in [-0.4, -0.2) is 39.6 Å². The van der Waals surface area contributed by atoms with E-state index in [9.17, 15) is 9.90 Å². The number of nitrogens with one attached hydrogen (secondary N) is 1. The first-order chi connectivity index (χ1) is 8.09. The Bertz CT molecular complexity index is 403. The Labute approximate surface area is 106 Å². The maximum absolute atomic E-state index is 12.3. The van der Waals surface area contributed by atoms with Crippen LogP contribution in [0.1, 0.15) is 36.7 Å². The summed E-state index contributed by atoms with van der Waals surface area (Å²) >= 11 is 5.79. The van der Waals surface area contributed by atoms with Crippen LogP contribution in [-0.2, 0) is 0 Å². The number of aromatic amines is 1. The van der Waals surface area contributed by atoms with Crippen LogP contribution in [0.4, 0.5) is 0 Å². The Morgan fingerprint density at radius 1 is 1.65 bits per heavy atom. The van der Waals surface area contributed by atoms with Gasteiger partial charge in [0.05, 0.1) is 17.2 Å². The van der Waals surface area contributed by atoms with E-state index in [1.165, 1.54) is 0 Å². The molecule has 2 heterocycles. The summed E-state index contributed by atoms with van der Waals surface area (Å²) in [7, 11) is 0. The number of aliphatic hydroxyl groups is 1. The summed E-state index contributed by atoms with van der Waals surface area (Å²) in [5.41, 5.74) is 0.488. The van der Waals surface area contributed by atoms with Gasteiger partial charge >= 0.3 is 0 Å². The van der Waals surface area contributed by atoms with Crippen LogP contribution in [0.15, 0.2) is 12.3 Å². The van der Waals surface area contributed by atoms with Crippen LogP contribution in [0.2, 0.25) is 5.02 Å². The number of hydrogen-bond donors (Lipinski definition) is 2. The second-order valence-electron chi connectivity index (χ2n) is 4.53. The van der Waals surface area contributed by atoms with Crippen molar-refractivity contribution in [1.29, 1.82) is 0 Å². The number of nitrogens with zero attached hydrogens (tertiary/aromatic N) is 1. The van der Waals surface area contributed by atoms with Crippen LogP contribution in [0, 0.1) is 0 Å². The molecule has 0 bridgehead atoms. The van der Waals surface area contributed by atoms with Gasteiger partial charge in [0.25, 0.3) is 5.91 Å². The van der Waals surface area contributed by atoms with E-state index in [1.54, 1.807) is 24.1 Å². The first kappa shape index (κ1) is 12.5. The third kappa shape index (κ3) is 2.64. The molecule has 1 aromatic heterocycles. The van der Waals surface area contributed by atoms with Gasteiger partial charge in [0, 0.05) is 12.7 Å². The van der Waals surface area contributed by atoms with Gasteiger partial charge in [0.1, 0.15) is 5.69 Å². The maximum atomic E-state index is 12.3. The molecular formula is C12H17ClN2O2. The van der Waals surface area contributed by atoms with Crippen LogP contribution < -0.4 is 0 Å². The molecule has 2 rings (SSSR count). The molecule has 0 saturated carbocycles. The van der Waals surface area contributed by atoms with E-state index in [4.69, 9.17) is 11.6 Å². The average Bonchev–Trinajstić information content (AvgIpc) is 2.75. The van der Waals surface area contributed by atoms with E-state index in [2.05, 4.69) is 4.98 Å². The van der Waals surface area contributed by atoms with Crippen molar-refractivity contribution >= 4 is 17.5 Å². The number of aliphatic hydroxyl groups excluding tert-OH is 1. The SMILES string of the molecule is C[C@@H](O)[C@H]1CCCCN1C(=O)c1cc(Cl)c[nH]1. The maximum Gasteiger partial charge on any atom is 0.270 e. The predicted octanol–water partition coefficient (Wildman–Crippen LogP) is 2.04. The summed E-state index contributed by atoms with van der Waals surface area (Å²) in [5, 5.41) is 10.2. The lowest BCUT2D eigenvalue weighted by atomic mass is 9.98. The molecule has 4 nitrogen and oxygen atoms in total. The number of hydrogen-bond acceptors (Lipinski definition) is 2. The molecular weight excluding hydrogens is 240 g/mol. The standard InChI is InChI=1S/C12H17ClN2O2/c1-8(16)11-4-2-3-5-15(11)12(17)10-6-9(13)7-14-10/h6-8,11,14,16H,2-5H2,1H3/t8-,11-/m1/s1. The first-order valence-corrected chi connectivity index (χ1v) is 6.30. The van der Waals surface area contributed by atoms with Gasteiger partial charge in [0.15, 0.2) is 0 Å². The van der Waals surface area contributed by atoms with Crippen LogP contribution in [0.3, 0.4) is 0 Å². The van der Waals surface area contributed by atoms with Crippen LogP contribution in [0.25, 0.3) is 0 Å². The van der Waals surface area contributed by atoms with Gasteiger partial charge in [-0.1, -0.05) is 11.6 Å². The molecule has 1 aliphatic rings. The second kappa shape index (κ2) is 5.10. The lowest BCUT2D eigenvalue weighted by molar-refractivity contribution is 0.0277. The molecule has 17 heavy (non-hydrogen) atoms. The summed E-state index contributed by atoms with van der Waals surface area (Å²) in [6.45, 7) is 2.43. The topological polar surface area (TPSA) is 56.3 Å². The van der Waals surface area contributed by atoms with E-state index < -0.39 is 6.10 Å². The summed E-state index contributed by atoms with van der Waals surface area (Å²) in [6.07, 6.45) is 4.01. The smallest absolute Gasteiger partial charge is 0.270 e. The van der Waals surface area contributed by atoms with Crippen molar-refractivity contribution in [2.24, 2.45) is 0 Å². The van der Waals surface area contributed by atoms with Crippen molar-refractivity contribution in [2.45, 2.75) is 38.3 Å². The van der Waals surface area contributed by atoms with Crippen LogP contribution in [0.5, 0.6) is 0 Å². The molecule has 2 atom stereocenters. The molecule has 0 spiro atoms. The second-order valence-corrected chi connectivity index (χ2v) is 4.97. The molecule has 5 heteroatoms. The third-order valence-corrected chi connectivity index (χ3v) is 3.46. The van der Waals surface area contributed by atoms with E-state index in [-0.39, 0.29) is 11.9 Å². The number of carbonyl (C=O) groups is 1. The van der Waals surface area contributed by atoms with Crippen molar-refractivity contribution < 1.29 is 9.90 Å². The number of halogens is 1. The Kier molecular flexibility index (Phi) is 3.74. The van der Waals surface area contributed by atoms with Gasteiger partial charge in [-0.3, -0.25) is 4.79 Å². The van der Waals surface area contributed by atoms with Gasteiger partial charge in [-0.05, 0) is 32.3 Å². The zero-order valence-electron chi connectivity index (χ0n) is 9.82. The van der Waals surface area contributed by atoms with E-state index >= 15 is 0 Å². The highest BCUT2D eigenvalue weighted by molar-refractivity contribution is 6.30. The minimum atomic E-state index is -0.496. The molecule has 1 aromatic rings. The monoisotopic (exact) mass is 256 g/mol. The van der Waals surface area contributed by atoms with E-state index in [0.717, 1.165) is 19.3 Å². The van der Waals surface area contributed by atoms with Gasteiger partial charge in [-0.15, -0.1) is 0 Å². The zero-order valence-corrected chi connectivity index (χ0v) is 10.6. The Balaban J connectivity index is 2.16. The molecule has 2 N–H and O–H groups in total. The Morgan fingerprint density at radius 3 is 3.00 bits per heavy atom. The van der Waals surface area contributed by atoms with Crippen molar-refractivity contribution in [3.63, 3.8) is 0 Å².